The number of furan rings is 1. The predicted molar refractivity (Wildman–Crippen MR) is 136 cm³/mol. The number of rotatable bonds is 8. The highest BCUT2D eigenvalue weighted by atomic mass is 16.5. The third kappa shape index (κ3) is 5.66. The van der Waals surface area contributed by atoms with Gasteiger partial charge in [0.05, 0.1) is 12.1 Å². The van der Waals surface area contributed by atoms with Gasteiger partial charge in [-0.2, -0.15) is 0 Å². The van der Waals surface area contributed by atoms with Crippen LogP contribution >= 0.6 is 0 Å². The minimum Gasteiger partial charge on any atom is -0.489 e. The average Bonchev–Trinajstić information content (AvgIpc) is 3.38. The first-order valence-electron chi connectivity index (χ1n) is 12.3. The van der Waals surface area contributed by atoms with E-state index in [1.54, 1.807) is 13.0 Å². The van der Waals surface area contributed by atoms with Crippen molar-refractivity contribution in [2.45, 2.75) is 46.5 Å². The van der Waals surface area contributed by atoms with Gasteiger partial charge in [-0.15, -0.1) is 10.2 Å². The van der Waals surface area contributed by atoms with Crippen molar-refractivity contribution >= 4 is 5.91 Å². The van der Waals surface area contributed by atoms with Crippen LogP contribution in [0.25, 0.3) is 0 Å². The Hall–Kier alpha value is -3.91. The van der Waals surface area contributed by atoms with E-state index in [-0.39, 0.29) is 5.91 Å². The van der Waals surface area contributed by atoms with Crippen LogP contribution in [-0.2, 0) is 32.7 Å². The molecule has 1 N–H and O–H groups in total. The number of fused-ring (bicyclic) bond motifs is 1. The molecule has 36 heavy (non-hydrogen) atoms. The molecular formula is C28H31N5O3. The zero-order valence-corrected chi connectivity index (χ0v) is 20.7. The second kappa shape index (κ2) is 10.8. The summed E-state index contributed by atoms with van der Waals surface area (Å²) in [7, 11) is 0. The molecule has 3 heterocycles. The van der Waals surface area contributed by atoms with E-state index < -0.39 is 0 Å². The molecule has 0 saturated heterocycles. The van der Waals surface area contributed by atoms with Crippen molar-refractivity contribution < 1.29 is 13.9 Å². The molecule has 5 rings (SSSR count). The molecule has 8 nitrogen and oxygen atoms in total. The number of aromatic nitrogens is 3. The van der Waals surface area contributed by atoms with Gasteiger partial charge in [0, 0.05) is 32.6 Å². The molecule has 0 saturated carbocycles. The van der Waals surface area contributed by atoms with Crippen molar-refractivity contribution in [3.05, 3.63) is 101 Å². The Morgan fingerprint density at radius 1 is 1.00 bits per heavy atom. The van der Waals surface area contributed by atoms with Gasteiger partial charge in [0.25, 0.3) is 5.91 Å². The minimum atomic E-state index is -0.159. The molecule has 0 unspecified atom stereocenters. The van der Waals surface area contributed by atoms with Gasteiger partial charge in [0.15, 0.2) is 5.82 Å². The van der Waals surface area contributed by atoms with Crippen molar-refractivity contribution in [2.24, 2.45) is 0 Å². The Morgan fingerprint density at radius 2 is 1.81 bits per heavy atom. The third-order valence-electron chi connectivity index (χ3n) is 6.47. The smallest absolute Gasteiger partial charge is 0.255 e. The maximum absolute atomic E-state index is 12.6. The second-order valence-corrected chi connectivity index (χ2v) is 9.14. The van der Waals surface area contributed by atoms with Gasteiger partial charge >= 0.3 is 0 Å². The summed E-state index contributed by atoms with van der Waals surface area (Å²) in [6.45, 7) is 7.98. The lowest BCUT2D eigenvalue weighted by Gasteiger charge is -2.20. The Labute approximate surface area is 210 Å². The number of ether oxygens (including phenoxy) is 1. The molecule has 0 bridgehead atoms. The zero-order valence-electron chi connectivity index (χ0n) is 20.7. The van der Waals surface area contributed by atoms with E-state index in [1.165, 1.54) is 5.56 Å². The number of amides is 1. The van der Waals surface area contributed by atoms with Crippen molar-refractivity contribution in [1.29, 1.82) is 0 Å². The number of benzene rings is 2. The van der Waals surface area contributed by atoms with E-state index in [0.717, 1.165) is 61.3 Å². The van der Waals surface area contributed by atoms with Crippen LogP contribution in [0.3, 0.4) is 0 Å². The number of hydrogen-bond acceptors (Lipinski definition) is 6. The summed E-state index contributed by atoms with van der Waals surface area (Å²) < 4.78 is 13.5. The van der Waals surface area contributed by atoms with Crippen LogP contribution in [0.1, 0.15) is 44.7 Å². The van der Waals surface area contributed by atoms with Crippen molar-refractivity contribution in [3.8, 4) is 5.75 Å². The first-order valence-corrected chi connectivity index (χ1v) is 12.3. The molecule has 0 radical (unpaired) electrons. The zero-order chi connectivity index (χ0) is 24.9. The maximum atomic E-state index is 12.6. The Bertz CT molecular complexity index is 1310. The quantitative estimate of drug-likeness (QED) is 0.405. The lowest BCUT2D eigenvalue weighted by Crippen LogP contribution is -2.28. The van der Waals surface area contributed by atoms with E-state index in [1.807, 2.05) is 37.3 Å². The van der Waals surface area contributed by atoms with E-state index >= 15 is 0 Å². The minimum absolute atomic E-state index is 0.159. The summed E-state index contributed by atoms with van der Waals surface area (Å²) >= 11 is 0. The highest BCUT2D eigenvalue weighted by Crippen LogP contribution is 2.18. The first kappa shape index (κ1) is 23.8. The van der Waals surface area contributed by atoms with Crippen LogP contribution in [0.2, 0.25) is 0 Å². The number of carbonyl (C=O) groups is 1. The van der Waals surface area contributed by atoms with Crippen molar-refractivity contribution in [2.75, 3.05) is 13.1 Å². The van der Waals surface area contributed by atoms with Crippen LogP contribution in [0.4, 0.5) is 0 Å². The van der Waals surface area contributed by atoms with Crippen LogP contribution in [-0.4, -0.2) is 38.7 Å². The number of hydrogen-bond donors (Lipinski definition) is 1. The molecule has 1 aliphatic rings. The number of aryl methyl sites for hydroxylation is 2. The van der Waals surface area contributed by atoms with Gasteiger partial charge in [-0.1, -0.05) is 42.5 Å². The van der Waals surface area contributed by atoms with Gasteiger partial charge < -0.3 is 19.0 Å². The standard InChI is InChI=1S/C28H31N5O3/c1-20-16-25(21(2)36-20)28(34)29-17-27-31-30-26-12-13-32(14-15-33(26)27)18-22-8-10-24(11-9-22)35-19-23-6-4-3-5-7-23/h3-11,16H,12-15,17-19H2,1-2H3,(H,29,34). The van der Waals surface area contributed by atoms with Crippen LogP contribution in [0, 0.1) is 13.8 Å². The fourth-order valence-corrected chi connectivity index (χ4v) is 4.52. The van der Waals surface area contributed by atoms with E-state index in [4.69, 9.17) is 9.15 Å². The molecule has 0 spiro atoms. The van der Waals surface area contributed by atoms with Crippen molar-refractivity contribution in [3.63, 3.8) is 0 Å². The molecular weight excluding hydrogens is 454 g/mol. The molecule has 2 aromatic carbocycles. The van der Waals surface area contributed by atoms with Gasteiger partial charge in [0.2, 0.25) is 0 Å². The number of carbonyl (C=O) groups excluding carboxylic acids is 1. The normalized spacial score (nSPS) is 13.7. The molecule has 4 aromatic rings. The summed E-state index contributed by atoms with van der Waals surface area (Å²) in [5.41, 5.74) is 2.97. The molecule has 0 atom stereocenters. The highest BCUT2D eigenvalue weighted by Gasteiger charge is 2.20. The summed E-state index contributed by atoms with van der Waals surface area (Å²) in [5, 5.41) is 11.7. The Kier molecular flexibility index (Phi) is 7.13. The molecule has 2 aromatic heterocycles. The fourth-order valence-electron chi connectivity index (χ4n) is 4.52. The Balaban J connectivity index is 1.13. The monoisotopic (exact) mass is 485 g/mol. The highest BCUT2D eigenvalue weighted by molar-refractivity contribution is 5.95. The summed E-state index contributed by atoms with van der Waals surface area (Å²) in [6, 6.07) is 20.3. The molecule has 0 aliphatic carbocycles. The van der Waals surface area contributed by atoms with Gasteiger partial charge in [0.1, 0.15) is 29.7 Å². The summed E-state index contributed by atoms with van der Waals surface area (Å²) in [6.07, 6.45) is 0.819. The molecule has 186 valence electrons. The van der Waals surface area contributed by atoms with Crippen molar-refractivity contribution in [1.82, 2.24) is 25.0 Å². The largest absolute Gasteiger partial charge is 0.489 e. The first-order chi connectivity index (χ1) is 17.5. The van der Waals surface area contributed by atoms with Gasteiger partial charge in [-0.3, -0.25) is 9.69 Å². The van der Waals surface area contributed by atoms with Gasteiger partial charge in [-0.25, -0.2) is 0 Å². The van der Waals surface area contributed by atoms with E-state index in [9.17, 15) is 4.79 Å². The van der Waals surface area contributed by atoms with Gasteiger partial charge in [-0.05, 0) is 43.2 Å². The van der Waals surface area contributed by atoms with Crippen LogP contribution < -0.4 is 10.1 Å². The molecule has 1 amide bonds. The lowest BCUT2D eigenvalue weighted by molar-refractivity contribution is 0.0948. The second-order valence-electron chi connectivity index (χ2n) is 9.14. The predicted octanol–water partition coefficient (Wildman–Crippen LogP) is 4.06. The van der Waals surface area contributed by atoms with Crippen LogP contribution in [0.5, 0.6) is 5.75 Å². The number of nitrogens with one attached hydrogen (secondary N) is 1. The van der Waals surface area contributed by atoms with E-state index in [2.05, 4.69) is 49.2 Å². The Morgan fingerprint density at radius 3 is 2.56 bits per heavy atom. The summed E-state index contributed by atoms with van der Waals surface area (Å²) in [5.74, 6) is 3.80. The molecule has 8 heteroatoms. The fraction of sp³-hybridized carbons (Fsp3) is 0.321. The number of nitrogens with zero attached hydrogens (tertiary/aromatic N) is 4. The average molecular weight is 486 g/mol. The topological polar surface area (TPSA) is 85.4 Å². The van der Waals surface area contributed by atoms with Crippen LogP contribution in [0.15, 0.2) is 65.1 Å². The summed E-state index contributed by atoms with van der Waals surface area (Å²) in [4.78, 5) is 15.0. The third-order valence-corrected chi connectivity index (χ3v) is 6.47. The molecule has 1 aliphatic heterocycles. The molecule has 0 fully saturated rings. The lowest BCUT2D eigenvalue weighted by atomic mass is 10.2. The van der Waals surface area contributed by atoms with E-state index in [0.29, 0.717) is 24.5 Å². The maximum Gasteiger partial charge on any atom is 0.255 e. The SMILES string of the molecule is Cc1cc(C(=O)NCc2nnc3n2CCN(Cc2ccc(OCc4ccccc4)cc2)CC3)c(C)o1.